The molecule has 0 aliphatic carbocycles. The number of sulfone groups is 1. The zero-order chi connectivity index (χ0) is 20.1. The van der Waals surface area contributed by atoms with Crippen LogP contribution in [0.5, 0.6) is 5.75 Å². The number of methoxy groups -OCH3 is 1. The Morgan fingerprint density at radius 2 is 2.04 bits per heavy atom. The summed E-state index contributed by atoms with van der Waals surface area (Å²) < 4.78 is 28.7. The Labute approximate surface area is 164 Å². The summed E-state index contributed by atoms with van der Waals surface area (Å²) in [4.78, 5) is 25.4. The average Bonchev–Trinajstić information content (AvgIpc) is 2.90. The Morgan fingerprint density at radius 1 is 1.33 bits per heavy atom. The monoisotopic (exact) mass is 414 g/mol. The van der Waals surface area contributed by atoms with E-state index in [0.717, 1.165) is 0 Å². The summed E-state index contributed by atoms with van der Waals surface area (Å²) in [6.07, 6.45) is 2.73. The first-order valence-electron chi connectivity index (χ1n) is 8.65. The highest BCUT2D eigenvalue weighted by molar-refractivity contribution is 7.98. The number of thioether (sulfide) groups is 1. The van der Waals surface area contributed by atoms with E-state index >= 15 is 0 Å². The fraction of sp³-hybridized carbons (Fsp3) is 0.556. The van der Waals surface area contributed by atoms with E-state index in [-0.39, 0.29) is 17.4 Å². The molecule has 2 rings (SSSR count). The minimum absolute atomic E-state index is 0.0623. The van der Waals surface area contributed by atoms with Gasteiger partial charge in [-0.05, 0) is 43.9 Å². The topological polar surface area (TPSA) is 102 Å². The number of carbonyl (C=O) groups is 2. The van der Waals surface area contributed by atoms with E-state index in [9.17, 15) is 18.0 Å². The molecule has 1 saturated heterocycles. The predicted octanol–water partition coefficient (Wildman–Crippen LogP) is 1.24. The van der Waals surface area contributed by atoms with Crippen molar-refractivity contribution >= 4 is 33.4 Å². The predicted molar refractivity (Wildman–Crippen MR) is 107 cm³/mol. The van der Waals surface area contributed by atoms with E-state index in [1.807, 2.05) is 6.26 Å². The molecule has 1 aromatic rings. The van der Waals surface area contributed by atoms with Gasteiger partial charge in [-0.3, -0.25) is 9.59 Å². The molecule has 2 atom stereocenters. The van der Waals surface area contributed by atoms with Crippen LogP contribution in [0.2, 0.25) is 0 Å². The molecule has 0 radical (unpaired) electrons. The fourth-order valence-corrected chi connectivity index (χ4v) is 5.63. The zero-order valence-electron chi connectivity index (χ0n) is 15.8. The van der Waals surface area contributed by atoms with Crippen molar-refractivity contribution in [1.82, 2.24) is 10.6 Å². The molecule has 2 N–H and O–H groups in total. The second-order valence-corrected chi connectivity index (χ2v) is 10.1. The van der Waals surface area contributed by atoms with Gasteiger partial charge >= 0.3 is 0 Å². The lowest BCUT2D eigenvalue weighted by molar-refractivity contribution is -0.124. The molecular weight excluding hydrogens is 388 g/mol. The number of para-hydroxylation sites is 1. The molecule has 0 spiro atoms. The molecule has 0 bridgehead atoms. The lowest BCUT2D eigenvalue weighted by atomic mass is 10.0. The largest absolute Gasteiger partial charge is 0.496 e. The van der Waals surface area contributed by atoms with E-state index < -0.39 is 27.3 Å². The number of hydrogen-bond acceptors (Lipinski definition) is 6. The summed E-state index contributed by atoms with van der Waals surface area (Å²) in [5.74, 6) is 0.311. The van der Waals surface area contributed by atoms with Gasteiger partial charge in [0.15, 0.2) is 9.84 Å². The quantitative estimate of drug-likeness (QED) is 0.664. The fourth-order valence-electron chi connectivity index (χ4n) is 3.07. The van der Waals surface area contributed by atoms with Crippen molar-refractivity contribution in [3.05, 3.63) is 29.8 Å². The molecule has 0 aromatic heterocycles. The van der Waals surface area contributed by atoms with Crippen LogP contribution in [-0.2, 0) is 14.6 Å². The third-order valence-corrected chi connectivity index (χ3v) is 7.06. The maximum atomic E-state index is 12.8. The maximum absolute atomic E-state index is 12.8. The van der Waals surface area contributed by atoms with Crippen molar-refractivity contribution in [2.75, 3.05) is 30.6 Å². The Bertz CT molecular complexity index is 797. The van der Waals surface area contributed by atoms with Gasteiger partial charge in [0.2, 0.25) is 5.91 Å². The molecule has 1 heterocycles. The third-order valence-electron chi connectivity index (χ3n) is 4.51. The van der Waals surface area contributed by atoms with Crippen molar-refractivity contribution in [2.45, 2.75) is 31.3 Å². The first-order valence-corrected chi connectivity index (χ1v) is 11.9. The van der Waals surface area contributed by atoms with E-state index in [2.05, 4.69) is 10.6 Å². The molecular formula is C18H26N2O5S2. The van der Waals surface area contributed by atoms with Crippen LogP contribution in [0.3, 0.4) is 0 Å². The van der Waals surface area contributed by atoms with Crippen molar-refractivity contribution < 1.29 is 22.7 Å². The van der Waals surface area contributed by atoms with Crippen LogP contribution in [0, 0.1) is 0 Å². The Balaban J connectivity index is 2.12. The zero-order valence-corrected chi connectivity index (χ0v) is 17.4. The van der Waals surface area contributed by atoms with Gasteiger partial charge in [0.1, 0.15) is 11.8 Å². The Kier molecular flexibility index (Phi) is 7.16. The molecule has 0 unspecified atom stereocenters. The molecule has 0 saturated carbocycles. The molecule has 1 aliphatic rings. The highest BCUT2D eigenvalue weighted by atomic mass is 32.2. The van der Waals surface area contributed by atoms with Gasteiger partial charge in [0.25, 0.3) is 5.91 Å². The number of nitrogens with one attached hydrogen (secondary N) is 2. The third kappa shape index (κ3) is 5.87. The molecule has 27 heavy (non-hydrogen) atoms. The van der Waals surface area contributed by atoms with Crippen LogP contribution < -0.4 is 15.4 Å². The van der Waals surface area contributed by atoms with Crippen molar-refractivity contribution in [3.8, 4) is 5.75 Å². The second kappa shape index (κ2) is 8.97. The van der Waals surface area contributed by atoms with Gasteiger partial charge in [-0.25, -0.2) is 8.42 Å². The molecule has 9 heteroatoms. The lowest BCUT2D eigenvalue weighted by Gasteiger charge is -2.27. The van der Waals surface area contributed by atoms with E-state index in [4.69, 9.17) is 4.74 Å². The minimum atomic E-state index is -3.14. The number of benzene rings is 1. The van der Waals surface area contributed by atoms with E-state index in [1.165, 1.54) is 7.11 Å². The second-order valence-electron chi connectivity index (χ2n) is 6.90. The summed E-state index contributed by atoms with van der Waals surface area (Å²) in [5, 5.41) is 5.59. The van der Waals surface area contributed by atoms with Gasteiger partial charge in [0, 0.05) is 0 Å². The van der Waals surface area contributed by atoms with Crippen molar-refractivity contribution in [2.24, 2.45) is 0 Å². The van der Waals surface area contributed by atoms with Gasteiger partial charge in [-0.15, -0.1) is 0 Å². The Morgan fingerprint density at radius 3 is 2.63 bits per heavy atom. The summed E-state index contributed by atoms with van der Waals surface area (Å²) in [7, 11) is -1.66. The molecule has 1 aromatic carbocycles. The van der Waals surface area contributed by atoms with Gasteiger partial charge in [-0.2, -0.15) is 11.8 Å². The lowest BCUT2D eigenvalue weighted by Crippen LogP contribution is -2.55. The minimum Gasteiger partial charge on any atom is -0.496 e. The van der Waals surface area contributed by atoms with Crippen LogP contribution >= 0.6 is 11.8 Å². The summed E-state index contributed by atoms with van der Waals surface area (Å²) in [6.45, 7) is 1.73. The average molecular weight is 415 g/mol. The highest BCUT2D eigenvalue weighted by Gasteiger charge is 2.40. The SMILES string of the molecule is COc1ccccc1C(=O)N[C@H](CCSC)C(=O)N[C@]1(C)CCS(=O)(=O)C1. The summed E-state index contributed by atoms with van der Waals surface area (Å²) in [6, 6.07) is 6.03. The van der Waals surface area contributed by atoms with Crippen LogP contribution in [-0.4, -0.2) is 62.4 Å². The smallest absolute Gasteiger partial charge is 0.255 e. The number of amides is 2. The van der Waals surface area contributed by atoms with Gasteiger partial charge < -0.3 is 15.4 Å². The van der Waals surface area contributed by atoms with Crippen molar-refractivity contribution in [1.29, 1.82) is 0 Å². The normalized spacial score (nSPS) is 22.0. The van der Waals surface area contributed by atoms with Crippen molar-refractivity contribution in [3.63, 3.8) is 0 Å². The number of carbonyl (C=O) groups excluding carboxylic acids is 2. The molecule has 1 fully saturated rings. The van der Waals surface area contributed by atoms with E-state index in [1.54, 1.807) is 43.0 Å². The molecule has 7 nitrogen and oxygen atoms in total. The van der Waals surface area contributed by atoms with Gasteiger partial charge in [-0.1, -0.05) is 12.1 Å². The maximum Gasteiger partial charge on any atom is 0.255 e. The number of ether oxygens (including phenoxy) is 1. The van der Waals surface area contributed by atoms with Crippen LogP contribution in [0.25, 0.3) is 0 Å². The molecule has 1 aliphatic heterocycles. The first-order chi connectivity index (χ1) is 12.7. The van der Waals surface area contributed by atoms with Gasteiger partial charge in [0.05, 0.1) is 29.7 Å². The van der Waals surface area contributed by atoms with Crippen LogP contribution in [0.1, 0.15) is 30.1 Å². The molecule has 2 amide bonds. The van der Waals surface area contributed by atoms with Crippen LogP contribution in [0.4, 0.5) is 0 Å². The standard InChI is InChI=1S/C18H26N2O5S2/c1-18(9-11-27(23,24)12-18)20-17(22)14(8-10-26-3)19-16(21)13-6-4-5-7-15(13)25-2/h4-7,14H,8-12H2,1-3H3,(H,19,21)(H,20,22)/t14-,18-/m1/s1. The van der Waals surface area contributed by atoms with E-state index in [0.29, 0.717) is 29.9 Å². The Hall–Kier alpha value is -1.74. The van der Waals surface area contributed by atoms with Crippen LogP contribution in [0.15, 0.2) is 24.3 Å². The number of rotatable bonds is 8. The summed E-state index contributed by atoms with van der Waals surface area (Å²) >= 11 is 1.57. The number of hydrogen-bond donors (Lipinski definition) is 2. The summed E-state index contributed by atoms with van der Waals surface area (Å²) in [5.41, 5.74) is -0.459. The molecule has 150 valence electrons. The highest BCUT2D eigenvalue weighted by Crippen LogP contribution is 2.23. The first kappa shape index (κ1) is 21.6.